The second kappa shape index (κ2) is 4.92. The van der Waals surface area contributed by atoms with E-state index in [9.17, 15) is 18.7 Å². The summed E-state index contributed by atoms with van der Waals surface area (Å²) in [7, 11) is 0. The third-order valence-corrected chi connectivity index (χ3v) is 2.34. The van der Waals surface area contributed by atoms with E-state index in [4.69, 9.17) is 5.11 Å². The van der Waals surface area contributed by atoms with E-state index >= 15 is 0 Å². The van der Waals surface area contributed by atoms with Gasteiger partial charge >= 0.3 is 5.97 Å². The standard InChI is InChI=1S/C11H12F2O3/c1-6(4-10(15)16)7-2-3-9(14)8(5-7)11(12)13/h2-3,5-6,11,14H,4H2,1H3,(H,15,16). The zero-order chi connectivity index (χ0) is 12.3. The van der Waals surface area contributed by atoms with Gasteiger partial charge in [0.05, 0.1) is 12.0 Å². The van der Waals surface area contributed by atoms with Crippen molar-refractivity contribution in [1.29, 1.82) is 0 Å². The Morgan fingerprint density at radius 2 is 2.06 bits per heavy atom. The van der Waals surface area contributed by atoms with Crippen molar-refractivity contribution in [2.75, 3.05) is 0 Å². The first-order chi connectivity index (χ1) is 7.41. The van der Waals surface area contributed by atoms with E-state index in [1.807, 2.05) is 0 Å². The molecule has 0 aliphatic rings. The fraction of sp³-hybridized carbons (Fsp3) is 0.364. The normalized spacial score (nSPS) is 12.8. The number of aliphatic carboxylic acids is 1. The number of carboxylic acids is 1. The number of rotatable bonds is 4. The molecule has 0 amide bonds. The molecule has 0 saturated heterocycles. The van der Waals surface area contributed by atoms with Crippen molar-refractivity contribution >= 4 is 5.97 Å². The Hall–Kier alpha value is -1.65. The molecular weight excluding hydrogens is 218 g/mol. The summed E-state index contributed by atoms with van der Waals surface area (Å²) in [6, 6.07) is 3.76. The Labute approximate surface area is 91.3 Å². The number of phenolic OH excluding ortho intramolecular Hbond substituents is 1. The highest BCUT2D eigenvalue weighted by Gasteiger charge is 2.16. The predicted molar refractivity (Wildman–Crippen MR) is 53.7 cm³/mol. The van der Waals surface area contributed by atoms with Crippen LogP contribution in [0.15, 0.2) is 18.2 Å². The van der Waals surface area contributed by atoms with Crippen molar-refractivity contribution < 1.29 is 23.8 Å². The van der Waals surface area contributed by atoms with Crippen molar-refractivity contribution in [2.45, 2.75) is 25.7 Å². The summed E-state index contributed by atoms with van der Waals surface area (Å²) in [4.78, 5) is 10.5. The Morgan fingerprint density at radius 1 is 1.44 bits per heavy atom. The topological polar surface area (TPSA) is 57.5 Å². The lowest BCUT2D eigenvalue weighted by atomic mass is 9.96. The summed E-state index contributed by atoms with van der Waals surface area (Å²) in [6.45, 7) is 1.63. The number of phenols is 1. The first-order valence-electron chi connectivity index (χ1n) is 4.74. The average molecular weight is 230 g/mol. The summed E-state index contributed by atoms with van der Waals surface area (Å²) in [5.74, 6) is -1.82. The van der Waals surface area contributed by atoms with Gasteiger partial charge in [-0.1, -0.05) is 13.0 Å². The number of halogens is 2. The van der Waals surface area contributed by atoms with Gasteiger partial charge in [0.1, 0.15) is 5.75 Å². The molecule has 0 aliphatic heterocycles. The molecule has 2 N–H and O–H groups in total. The molecule has 1 aromatic rings. The van der Waals surface area contributed by atoms with Crippen LogP contribution >= 0.6 is 0 Å². The van der Waals surface area contributed by atoms with Gasteiger partial charge in [-0.3, -0.25) is 4.79 Å². The van der Waals surface area contributed by atoms with E-state index in [-0.39, 0.29) is 12.3 Å². The molecular formula is C11H12F2O3. The van der Waals surface area contributed by atoms with Gasteiger partial charge in [-0.15, -0.1) is 0 Å². The van der Waals surface area contributed by atoms with Crippen LogP contribution < -0.4 is 0 Å². The van der Waals surface area contributed by atoms with Crippen molar-refractivity contribution in [1.82, 2.24) is 0 Å². The largest absolute Gasteiger partial charge is 0.507 e. The molecule has 0 bridgehead atoms. The third kappa shape index (κ3) is 2.92. The molecule has 3 nitrogen and oxygen atoms in total. The van der Waals surface area contributed by atoms with Crippen LogP contribution in [0.3, 0.4) is 0 Å². The Bertz CT molecular complexity index is 391. The predicted octanol–water partition coefficient (Wildman–Crippen LogP) is 2.91. The van der Waals surface area contributed by atoms with Gasteiger partial charge in [-0.2, -0.15) is 0 Å². The molecule has 0 saturated carbocycles. The third-order valence-electron chi connectivity index (χ3n) is 2.34. The first kappa shape index (κ1) is 12.4. The van der Waals surface area contributed by atoms with Gasteiger partial charge in [0.25, 0.3) is 6.43 Å². The number of hydrogen-bond donors (Lipinski definition) is 2. The van der Waals surface area contributed by atoms with Gasteiger partial charge < -0.3 is 10.2 Å². The molecule has 0 spiro atoms. The summed E-state index contributed by atoms with van der Waals surface area (Å²) in [5, 5.41) is 17.8. The first-order valence-corrected chi connectivity index (χ1v) is 4.74. The van der Waals surface area contributed by atoms with E-state index in [1.165, 1.54) is 6.07 Å². The van der Waals surface area contributed by atoms with Crippen LogP contribution in [-0.4, -0.2) is 16.2 Å². The van der Waals surface area contributed by atoms with Crippen LogP contribution in [0.2, 0.25) is 0 Å². The van der Waals surface area contributed by atoms with E-state index in [1.54, 1.807) is 6.92 Å². The highest BCUT2D eigenvalue weighted by molar-refractivity contribution is 5.68. The summed E-state index contributed by atoms with van der Waals surface area (Å²) >= 11 is 0. The Kier molecular flexibility index (Phi) is 3.82. The van der Waals surface area contributed by atoms with Crippen LogP contribution in [0.1, 0.15) is 36.8 Å². The van der Waals surface area contributed by atoms with Crippen LogP contribution in [0.5, 0.6) is 5.75 Å². The molecule has 88 valence electrons. The highest BCUT2D eigenvalue weighted by atomic mass is 19.3. The SMILES string of the molecule is CC(CC(=O)O)c1ccc(O)c(C(F)F)c1. The van der Waals surface area contributed by atoms with E-state index < -0.39 is 23.7 Å². The number of carbonyl (C=O) groups is 1. The maximum atomic E-state index is 12.5. The minimum Gasteiger partial charge on any atom is -0.507 e. The number of benzene rings is 1. The Morgan fingerprint density at radius 3 is 2.56 bits per heavy atom. The number of aromatic hydroxyl groups is 1. The van der Waals surface area contributed by atoms with Gasteiger partial charge in [-0.05, 0) is 23.6 Å². The van der Waals surface area contributed by atoms with Crippen molar-refractivity contribution in [3.8, 4) is 5.75 Å². The van der Waals surface area contributed by atoms with Crippen LogP contribution in [-0.2, 0) is 4.79 Å². The van der Waals surface area contributed by atoms with Gasteiger partial charge in [0.15, 0.2) is 0 Å². The molecule has 1 atom stereocenters. The maximum absolute atomic E-state index is 12.5. The minimum atomic E-state index is -2.77. The molecule has 1 aromatic carbocycles. The van der Waals surface area contributed by atoms with Gasteiger partial charge in [0.2, 0.25) is 0 Å². The fourth-order valence-corrected chi connectivity index (χ4v) is 1.43. The molecule has 0 radical (unpaired) electrons. The lowest BCUT2D eigenvalue weighted by molar-refractivity contribution is -0.137. The lowest BCUT2D eigenvalue weighted by Gasteiger charge is -2.11. The van der Waals surface area contributed by atoms with E-state index in [0.29, 0.717) is 5.56 Å². The van der Waals surface area contributed by atoms with E-state index in [2.05, 4.69) is 0 Å². The molecule has 0 aliphatic carbocycles. The molecule has 0 heterocycles. The zero-order valence-corrected chi connectivity index (χ0v) is 8.65. The minimum absolute atomic E-state index is 0.131. The van der Waals surface area contributed by atoms with Crippen LogP contribution in [0.4, 0.5) is 8.78 Å². The highest BCUT2D eigenvalue weighted by Crippen LogP contribution is 2.31. The molecule has 16 heavy (non-hydrogen) atoms. The lowest BCUT2D eigenvalue weighted by Crippen LogP contribution is -2.03. The molecule has 5 heteroatoms. The number of carboxylic acid groups (broad SMARTS) is 1. The number of hydrogen-bond acceptors (Lipinski definition) is 2. The quantitative estimate of drug-likeness (QED) is 0.836. The number of alkyl halides is 2. The molecule has 0 fully saturated rings. The second-order valence-electron chi connectivity index (χ2n) is 3.62. The average Bonchev–Trinajstić information content (AvgIpc) is 2.16. The van der Waals surface area contributed by atoms with Crippen molar-refractivity contribution in [3.05, 3.63) is 29.3 Å². The molecule has 0 aromatic heterocycles. The smallest absolute Gasteiger partial charge is 0.303 e. The van der Waals surface area contributed by atoms with Crippen LogP contribution in [0, 0.1) is 0 Å². The molecule has 1 unspecified atom stereocenters. The monoisotopic (exact) mass is 230 g/mol. The Balaban J connectivity index is 2.98. The molecule has 1 rings (SSSR count). The second-order valence-corrected chi connectivity index (χ2v) is 3.62. The van der Waals surface area contributed by atoms with Gasteiger partial charge in [0, 0.05) is 0 Å². The van der Waals surface area contributed by atoms with Crippen LogP contribution in [0.25, 0.3) is 0 Å². The maximum Gasteiger partial charge on any atom is 0.303 e. The van der Waals surface area contributed by atoms with E-state index in [0.717, 1.165) is 12.1 Å². The van der Waals surface area contributed by atoms with Crippen molar-refractivity contribution in [3.63, 3.8) is 0 Å². The van der Waals surface area contributed by atoms with Gasteiger partial charge in [-0.25, -0.2) is 8.78 Å². The zero-order valence-electron chi connectivity index (χ0n) is 8.65. The summed E-state index contributed by atoms with van der Waals surface area (Å²) < 4.78 is 24.9. The fourth-order valence-electron chi connectivity index (χ4n) is 1.43. The van der Waals surface area contributed by atoms with Crippen molar-refractivity contribution in [2.24, 2.45) is 0 Å². The summed E-state index contributed by atoms with van der Waals surface area (Å²) in [5.41, 5.74) is 0.0187. The summed E-state index contributed by atoms with van der Waals surface area (Å²) in [6.07, 6.45) is -2.90.